The highest BCUT2D eigenvalue weighted by Gasteiger charge is 2.41. The molecule has 2 unspecified atom stereocenters. The fourth-order valence-electron chi connectivity index (χ4n) is 3.66. The molecule has 116 valence electrons. The Kier molecular flexibility index (Phi) is 3.93. The second-order valence-electron chi connectivity index (χ2n) is 7.51. The molecule has 0 spiro atoms. The monoisotopic (exact) mass is 289 g/mol. The van der Waals surface area contributed by atoms with Crippen LogP contribution in [0.3, 0.4) is 0 Å². The van der Waals surface area contributed by atoms with E-state index in [0.717, 1.165) is 25.2 Å². The number of nitrogens with zero attached hydrogens (tertiary/aromatic N) is 2. The van der Waals surface area contributed by atoms with E-state index in [0.29, 0.717) is 12.1 Å². The van der Waals surface area contributed by atoms with Crippen molar-refractivity contribution >= 4 is 5.82 Å². The minimum absolute atomic E-state index is 0.101. The van der Waals surface area contributed by atoms with Crippen LogP contribution in [0.25, 0.3) is 0 Å². The summed E-state index contributed by atoms with van der Waals surface area (Å²) in [5.41, 5.74) is 1.37. The van der Waals surface area contributed by atoms with Gasteiger partial charge in [0, 0.05) is 35.9 Å². The number of fused-ring (bicyclic) bond motifs is 2. The van der Waals surface area contributed by atoms with Gasteiger partial charge in [-0.1, -0.05) is 6.07 Å². The van der Waals surface area contributed by atoms with E-state index in [1.54, 1.807) is 0 Å². The highest BCUT2D eigenvalue weighted by molar-refractivity contribution is 5.50. The molecule has 2 N–H and O–H groups in total. The molecule has 2 aliphatic rings. The molecule has 0 radical (unpaired) electrons. The summed E-state index contributed by atoms with van der Waals surface area (Å²) in [6.45, 7) is 7.39. The Morgan fingerprint density at radius 1 is 1.29 bits per heavy atom. The number of hydrogen-bond donors (Lipinski definition) is 2. The normalized spacial score (nSPS) is 29.0. The molecule has 2 fully saturated rings. The van der Waals surface area contributed by atoms with Crippen LogP contribution in [0.4, 0.5) is 5.82 Å². The SMILES string of the molecule is CC(C)(C)NCc1cccnc1N1C2CCC1CC(O)C2. The van der Waals surface area contributed by atoms with Crippen molar-refractivity contribution in [2.75, 3.05) is 4.90 Å². The maximum atomic E-state index is 9.97. The van der Waals surface area contributed by atoms with Gasteiger partial charge < -0.3 is 15.3 Å². The third kappa shape index (κ3) is 3.22. The van der Waals surface area contributed by atoms with Crippen molar-refractivity contribution in [1.29, 1.82) is 0 Å². The molecule has 0 amide bonds. The molecule has 2 saturated heterocycles. The van der Waals surface area contributed by atoms with Crippen LogP contribution in [0, 0.1) is 0 Å². The summed E-state index contributed by atoms with van der Waals surface area (Å²) in [7, 11) is 0. The lowest BCUT2D eigenvalue weighted by Gasteiger charge is -2.39. The molecule has 1 aromatic rings. The standard InChI is InChI=1S/C17H27N3O/c1-17(2,3)19-11-12-5-4-8-18-16(12)20-13-6-7-14(20)10-15(21)9-13/h4-5,8,13-15,19,21H,6-7,9-11H2,1-3H3. The number of nitrogens with one attached hydrogen (secondary N) is 1. The largest absolute Gasteiger partial charge is 0.393 e. The van der Waals surface area contributed by atoms with Crippen molar-refractivity contribution in [3.05, 3.63) is 23.9 Å². The smallest absolute Gasteiger partial charge is 0.133 e. The first-order valence-electron chi connectivity index (χ1n) is 8.09. The van der Waals surface area contributed by atoms with Gasteiger partial charge in [-0.05, 0) is 52.5 Å². The lowest BCUT2D eigenvalue weighted by Crippen LogP contribution is -2.46. The van der Waals surface area contributed by atoms with Gasteiger partial charge in [0.15, 0.2) is 0 Å². The van der Waals surface area contributed by atoms with Crippen molar-refractivity contribution in [3.63, 3.8) is 0 Å². The Morgan fingerprint density at radius 3 is 2.57 bits per heavy atom. The van der Waals surface area contributed by atoms with Gasteiger partial charge >= 0.3 is 0 Å². The second kappa shape index (κ2) is 5.58. The van der Waals surface area contributed by atoms with Crippen molar-refractivity contribution in [2.45, 2.75) is 76.7 Å². The van der Waals surface area contributed by atoms with Crippen molar-refractivity contribution in [1.82, 2.24) is 10.3 Å². The van der Waals surface area contributed by atoms with Crippen LogP contribution in [-0.4, -0.2) is 33.8 Å². The second-order valence-corrected chi connectivity index (χ2v) is 7.51. The minimum Gasteiger partial charge on any atom is -0.393 e. The van der Waals surface area contributed by atoms with Crippen LogP contribution in [0.2, 0.25) is 0 Å². The molecular weight excluding hydrogens is 262 g/mol. The van der Waals surface area contributed by atoms with Gasteiger partial charge in [-0.15, -0.1) is 0 Å². The topological polar surface area (TPSA) is 48.4 Å². The van der Waals surface area contributed by atoms with Crippen molar-refractivity contribution < 1.29 is 5.11 Å². The molecular formula is C17H27N3O. The van der Waals surface area contributed by atoms with E-state index < -0.39 is 0 Å². The van der Waals surface area contributed by atoms with Crippen molar-refractivity contribution in [2.24, 2.45) is 0 Å². The van der Waals surface area contributed by atoms with E-state index in [-0.39, 0.29) is 11.6 Å². The molecule has 3 rings (SSSR count). The van der Waals surface area contributed by atoms with Gasteiger partial charge in [0.2, 0.25) is 0 Å². The molecule has 2 atom stereocenters. The Bertz CT molecular complexity index is 483. The number of piperidine rings is 1. The van der Waals surface area contributed by atoms with Gasteiger partial charge in [0.05, 0.1) is 6.10 Å². The maximum Gasteiger partial charge on any atom is 0.133 e. The third-order valence-corrected chi connectivity index (χ3v) is 4.63. The Labute approximate surface area is 127 Å². The molecule has 2 bridgehead atoms. The highest BCUT2D eigenvalue weighted by Crippen LogP contribution is 2.39. The molecule has 3 heterocycles. The zero-order valence-corrected chi connectivity index (χ0v) is 13.3. The predicted molar refractivity (Wildman–Crippen MR) is 85.4 cm³/mol. The van der Waals surface area contributed by atoms with Crippen LogP contribution in [0.5, 0.6) is 0 Å². The molecule has 2 aliphatic heterocycles. The first kappa shape index (κ1) is 14.8. The number of aliphatic hydroxyl groups is 1. The van der Waals surface area contributed by atoms with Gasteiger partial charge in [0.1, 0.15) is 5.82 Å². The fraction of sp³-hybridized carbons (Fsp3) is 0.706. The van der Waals surface area contributed by atoms with Gasteiger partial charge in [0.25, 0.3) is 0 Å². The summed E-state index contributed by atoms with van der Waals surface area (Å²) in [6, 6.07) is 5.11. The van der Waals surface area contributed by atoms with E-state index in [4.69, 9.17) is 0 Å². The number of pyridine rings is 1. The number of hydrogen-bond acceptors (Lipinski definition) is 4. The zero-order chi connectivity index (χ0) is 15.0. The summed E-state index contributed by atoms with van der Waals surface area (Å²) in [4.78, 5) is 7.15. The lowest BCUT2D eigenvalue weighted by atomic mass is 9.99. The number of aromatic nitrogens is 1. The molecule has 0 aromatic carbocycles. The van der Waals surface area contributed by atoms with Gasteiger partial charge in [-0.25, -0.2) is 4.98 Å². The molecule has 21 heavy (non-hydrogen) atoms. The van der Waals surface area contributed by atoms with Gasteiger partial charge in [-0.2, -0.15) is 0 Å². The zero-order valence-electron chi connectivity index (χ0n) is 13.3. The molecule has 0 saturated carbocycles. The molecule has 4 heteroatoms. The van der Waals surface area contributed by atoms with Crippen LogP contribution in [0.15, 0.2) is 18.3 Å². The van der Waals surface area contributed by atoms with E-state index in [2.05, 4.69) is 42.0 Å². The fourth-order valence-corrected chi connectivity index (χ4v) is 3.66. The van der Waals surface area contributed by atoms with E-state index >= 15 is 0 Å². The van der Waals surface area contributed by atoms with Crippen molar-refractivity contribution in [3.8, 4) is 0 Å². The number of rotatable bonds is 3. The Hall–Kier alpha value is -1.13. The lowest BCUT2D eigenvalue weighted by molar-refractivity contribution is 0.126. The average molecular weight is 289 g/mol. The molecule has 1 aromatic heterocycles. The number of aliphatic hydroxyl groups excluding tert-OH is 1. The Morgan fingerprint density at radius 2 is 1.95 bits per heavy atom. The predicted octanol–water partition coefficient (Wildman–Crippen LogP) is 2.46. The minimum atomic E-state index is -0.126. The third-order valence-electron chi connectivity index (χ3n) is 4.63. The van der Waals surface area contributed by atoms with Crippen LogP contribution in [-0.2, 0) is 6.54 Å². The van der Waals surface area contributed by atoms with Crippen LogP contribution < -0.4 is 10.2 Å². The summed E-state index contributed by atoms with van der Waals surface area (Å²) >= 11 is 0. The highest BCUT2D eigenvalue weighted by atomic mass is 16.3. The summed E-state index contributed by atoms with van der Waals surface area (Å²) in [6.07, 6.45) is 5.91. The summed E-state index contributed by atoms with van der Waals surface area (Å²) < 4.78 is 0. The van der Waals surface area contributed by atoms with Crippen LogP contribution in [0.1, 0.15) is 52.0 Å². The first-order chi connectivity index (χ1) is 9.94. The quantitative estimate of drug-likeness (QED) is 0.897. The van der Waals surface area contributed by atoms with E-state index in [1.165, 1.54) is 18.4 Å². The average Bonchev–Trinajstić information content (AvgIpc) is 2.68. The van der Waals surface area contributed by atoms with E-state index in [1.807, 2.05) is 12.3 Å². The first-order valence-corrected chi connectivity index (χ1v) is 8.09. The molecule has 0 aliphatic carbocycles. The number of anilines is 1. The van der Waals surface area contributed by atoms with E-state index in [9.17, 15) is 5.11 Å². The molecule has 4 nitrogen and oxygen atoms in total. The van der Waals surface area contributed by atoms with Crippen LogP contribution >= 0.6 is 0 Å². The summed E-state index contributed by atoms with van der Waals surface area (Å²) in [5.74, 6) is 1.12. The summed E-state index contributed by atoms with van der Waals surface area (Å²) in [5, 5.41) is 13.5. The van der Waals surface area contributed by atoms with Gasteiger partial charge in [-0.3, -0.25) is 0 Å². The maximum absolute atomic E-state index is 9.97. The Balaban J connectivity index is 1.82.